The number of hydrogen-bond acceptors (Lipinski definition) is 4. The van der Waals surface area contributed by atoms with E-state index in [9.17, 15) is 0 Å². The molecular formula is C17H20N4O. The first-order valence-corrected chi connectivity index (χ1v) is 7.42. The lowest BCUT2D eigenvalue weighted by Gasteiger charge is -2.11. The molecule has 0 atom stereocenters. The molecule has 0 aliphatic rings. The number of fused-ring (bicyclic) bond motifs is 1. The van der Waals surface area contributed by atoms with Crippen molar-refractivity contribution < 1.29 is 4.74 Å². The van der Waals surface area contributed by atoms with E-state index in [-0.39, 0.29) is 0 Å². The zero-order valence-corrected chi connectivity index (χ0v) is 12.8. The van der Waals surface area contributed by atoms with Gasteiger partial charge in [-0.2, -0.15) is 5.10 Å². The minimum atomic E-state index is 0.417. The molecule has 2 heterocycles. The van der Waals surface area contributed by atoms with Gasteiger partial charge >= 0.3 is 0 Å². The first-order valence-electron chi connectivity index (χ1n) is 7.42. The highest BCUT2D eigenvalue weighted by Gasteiger charge is 2.12. The number of anilines is 1. The first-order chi connectivity index (χ1) is 10.6. The summed E-state index contributed by atoms with van der Waals surface area (Å²) in [4.78, 5) is 4.27. The van der Waals surface area contributed by atoms with Gasteiger partial charge in [0.25, 0.3) is 0 Å². The number of pyridine rings is 1. The largest absolute Gasteiger partial charge is 0.485 e. The van der Waals surface area contributed by atoms with Crippen LogP contribution in [0.5, 0.6) is 5.75 Å². The molecule has 0 aliphatic carbocycles. The zero-order valence-electron chi connectivity index (χ0n) is 12.8. The van der Waals surface area contributed by atoms with Crippen LogP contribution in [0.1, 0.15) is 25.1 Å². The standard InChI is InChI=1S/C17H20N4O/c1-11(2)7-12-8-14-16(20-21-17(14)18)15(9-12)22-10-13-5-3-4-6-19-13/h3-6,8-9,11H,7,10H2,1-2H3,(H3,18,20,21). The third-order valence-electron chi connectivity index (χ3n) is 3.47. The highest BCUT2D eigenvalue weighted by atomic mass is 16.5. The van der Waals surface area contributed by atoms with Crippen molar-refractivity contribution in [2.45, 2.75) is 26.9 Å². The van der Waals surface area contributed by atoms with Gasteiger partial charge in [-0.05, 0) is 42.2 Å². The molecule has 0 amide bonds. The van der Waals surface area contributed by atoms with Gasteiger partial charge in [-0.25, -0.2) is 0 Å². The minimum absolute atomic E-state index is 0.417. The lowest BCUT2D eigenvalue weighted by atomic mass is 10.0. The molecule has 22 heavy (non-hydrogen) atoms. The van der Waals surface area contributed by atoms with E-state index < -0.39 is 0 Å². The van der Waals surface area contributed by atoms with Crippen LogP contribution >= 0.6 is 0 Å². The van der Waals surface area contributed by atoms with Crippen LogP contribution in [0.3, 0.4) is 0 Å². The summed E-state index contributed by atoms with van der Waals surface area (Å²) in [5.74, 6) is 1.83. The molecule has 0 fully saturated rings. The van der Waals surface area contributed by atoms with Crippen molar-refractivity contribution in [3.8, 4) is 5.75 Å². The molecule has 3 rings (SSSR count). The van der Waals surface area contributed by atoms with Gasteiger partial charge in [0.2, 0.25) is 0 Å². The Bertz CT molecular complexity index is 765. The number of aromatic amines is 1. The zero-order chi connectivity index (χ0) is 15.5. The summed E-state index contributed by atoms with van der Waals surface area (Å²) >= 11 is 0. The Morgan fingerprint density at radius 2 is 2.14 bits per heavy atom. The summed E-state index contributed by atoms with van der Waals surface area (Å²) in [5, 5.41) is 7.95. The second kappa shape index (κ2) is 6.05. The van der Waals surface area contributed by atoms with Crippen LogP contribution in [0, 0.1) is 5.92 Å². The summed E-state index contributed by atoms with van der Waals surface area (Å²) < 4.78 is 5.95. The van der Waals surface area contributed by atoms with Crippen molar-refractivity contribution in [1.82, 2.24) is 15.2 Å². The summed E-state index contributed by atoms with van der Waals surface area (Å²) in [6.07, 6.45) is 2.73. The highest BCUT2D eigenvalue weighted by Crippen LogP contribution is 2.30. The molecule has 0 bridgehead atoms. The number of rotatable bonds is 5. The molecule has 3 N–H and O–H groups in total. The molecule has 2 aromatic heterocycles. The number of nitrogen functional groups attached to an aromatic ring is 1. The number of nitrogens with two attached hydrogens (primary N) is 1. The molecule has 0 unspecified atom stereocenters. The average Bonchev–Trinajstić information content (AvgIpc) is 2.87. The Kier molecular flexibility index (Phi) is 3.96. The van der Waals surface area contributed by atoms with Crippen molar-refractivity contribution >= 4 is 16.7 Å². The lowest BCUT2D eigenvalue weighted by molar-refractivity contribution is 0.304. The van der Waals surface area contributed by atoms with Gasteiger partial charge in [0, 0.05) is 11.6 Å². The molecule has 0 spiro atoms. The van der Waals surface area contributed by atoms with Crippen molar-refractivity contribution in [2.24, 2.45) is 5.92 Å². The Hall–Kier alpha value is -2.56. The topological polar surface area (TPSA) is 76.8 Å². The minimum Gasteiger partial charge on any atom is -0.485 e. The average molecular weight is 296 g/mol. The van der Waals surface area contributed by atoms with E-state index in [0.717, 1.165) is 28.8 Å². The molecule has 5 nitrogen and oxygen atoms in total. The van der Waals surface area contributed by atoms with E-state index in [1.165, 1.54) is 5.56 Å². The molecule has 114 valence electrons. The van der Waals surface area contributed by atoms with E-state index in [4.69, 9.17) is 10.5 Å². The van der Waals surface area contributed by atoms with Crippen molar-refractivity contribution in [2.75, 3.05) is 5.73 Å². The van der Waals surface area contributed by atoms with Crippen molar-refractivity contribution in [1.29, 1.82) is 0 Å². The smallest absolute Gasteiger partial charge is 0.153 e. The Morgan fingerprint density at radius 3 is 2.86 bits per heavy atom. The summed E-state index contributed by atoms with van der Waals surface area (Å²) in [6, 6.07) is 9.92. The second-order valence-corrected chi connectivity index (χ2v) is 5.83. The van der Waals surface area contributed by atoms with Gasteiger partial charge in [0.1, 0.15) is 17.9 Å². The number of ether oxygens (including phenoxy) is 1. The number of H-pyrrole nitrogens is 1. The molecule has 0 saturated heterocycles. The number of nitrogens with one attached hydrogen (secondary N) is 1. The molecular weight excluding hydrogens is 276 g/mol. The highest BCUT2D eigenvalue weighted by molar-refractivity contribution is 5.93. The van der Waals surface area contributed by atoms with Crippen LogP contribution in [0.15, 0.2) is 36.5 Å². The van der Waals surface area contributed by atoms with Gasteiger partial charge in [-0.3, -0.25) is 10.1 Å². The van der Waals surface area contributed by atoms with Crippen molar-refractivity contribution in [3.63, 3.8) is 0 Å². The van der Waals surface area contributed by atoms with Gasteiger partial charge in [-0.1, -0.05) is 19.9 Å². The number of nitrogens with zero attached hydrogens (tertiary/aromatic N) is 2. The van der Waals surface area contributed by atoms with Crippen LogP contribution < -0.4 is 10.5 Å². The van der Waals surface area contributed by atoms with Gasteiger partial charge < -0.3 is 10.5 Å². The third kappa shape index (κ3) is 3.03. The molecule has 3 aromatic rings. The molecule has 0 radical (unpaired) electrons. The Morgan fingerprint density at radius 1 is 1.27 bits per heavy atom. The molecule has 0 aliphatic heterocycles. The molecule has 5 heteroatoms. The quantitative estimate of drug-likeness (QED) is 0.757. The van der Waals surface area contributed by atoms with E-state index in [0.29, 0.717) is 18.3 Å². The van der Waals surface area contributed by atoms with E-state index in [2.05, 4.69) is 41.2 Å². The molecule has 1 aromatic carbocycles. The van der Waals surface area contributed by atoms with Crippen LogP contribution in [-0.4, -0.2) is 15.2 Å². The third-order valence-corrected chi connectivity index (χ3v) is 3.47. The van der Waals surface area contributed by atoms with E-state index in [1.807, 2.05) is 18.2 Å². The van der Waals surface area contributed by atoms with Crippen molar-refractivity contribution in [3.05, 3.63) is 47.8 Å². The lowest BCUT2D eigenvalue weighted by Crippen LogP contribution is -2.00. The van der Waals surface area contributed by atoms with Gasteiger partial charge in [0.15, 0.2) is 5.82 Å². The van der Waals surface area contributed by atoms with E-state index >= 15 is 0 Å². The van der Waals surface area contributed by atoms with Gasteiger partial charge in [0.05, 0.1) is 5.69 Å². The predicted molar refractivity (Wildman–Crippen MR) is 87.6 cm³/mol. The maximum atomic E-state index is 5.95. The van der Waals surface area contributed by atoms with Gasteiger partial charge in [-0.15, -0.1) is 0 Å². The SMILES string of the molecule is CC(C)Cc1cc(OCc2ccccn2)c2[nH]nc(N)c2c1. The van der Waals surface area contributed by atoms with Crippen LogP contribution in [0.4, 0.5) is 5.82 Å². The fourth-order valence-electron chi connectivity index (χ4n) is 2.50. The predicted octanol–water partition coefficient (Wildman–Crippen LogP) is 3.32. The fourth-order valence-corrected chi connectivity index (χ4v) is 2.50. The maximum absolute atomic E-state index is 5.95. The van der Waals surface area contributed by atoms with Crippen LogP contribution in [0.2, 0.25) is 0 Å². The second-order valence-electron chi connectivity index (χ2n) is 5.83. The monoisotopic (exact) mass is 296 g/mol. The number of aromatic nitrogens is 3. The summed E-state index contributed by atoms with van der Waals surface area (Å²) in [7, 11) is 0. The maximum Gasteiger partial charge on any atom is 0.153 e. The summed E-state index contributed by atoms with van der Waals surface area (Å²) in [6.45, 7) is 4.80. The molecule has 0 saturated carbocycles. The first kappa shape index (κ1) is 14.4. The summed E-state index contributed by atoms with van der Waals surface area (Å²) in [5.41, 5.74) is 8.86. The fraction of sp³-hybridized carbons (Fsp3) is 0.294. The number of benzene rings is 1. The van der Waals surface area contributed by atoms with Crippen LogP contribution in [0.25, 0.3) is 10.9 Å². The van der Waals surface area contributed by atoms with E-state index in [1.54, 1.807) is 6.20 Å². The normalized spacial score (nSPS) is 11.2. The Balaban J connectivity index is 1.92. The number of hydrogen-bond donors (Lipinski definition) is 2. The Labute approximate surface area is 129 Å². The van der Waals surface area contributed by atoms with Crippen LogP contribution in [-0.2, 0) is 13.0 Å².